The zero-order valence-corrected chi connectivity index (χ0v) is 13.5. The number of anilines is 1. The standard InChI is InChI=1S/C18H21ClN2O/c1-14-16(19)8-5-9-17(14)21-18(22)11-13-20-12-10-15-6-3-2-4-7-15/h2-9,20H,10-13H2,1H3,(H,21,22). The van der Waals surface area contributed by atoms with E-state index in [9.17, 15) is 4.79 Å². The molecule has 4 heteroatoms. The van der Waals surface area contributed by atoms with Gasteiger partial charge in [0, 0.05) is 23.7 Å². The Labute approximate surface area is 136 Å². The molecule has 0 spiro atoms. The molecule has 0 saturated carbocycles. The average molecular weight is 317 g/mol. The third-order valence-corrected chi connectivity index (χ3v) is 3.91. The first-order chi connectivity index (χ1) is 10.7. The van der Waals surface area contributed by atoms with Crippen molar-refractivity contribution in [2.45, 2.75) is 19.8 Å². The lowest BCUT2D eigenvalue weighted by Crippen LogP contribution is -2.23. The van der Waals surface area contributed by atoms with Crippen LogP contribution in [0.5, 0.6) is 0 Å². The quantitative estimate of drug-likeness (QED) is 0.763. The summed E-state index contributed by atoms with van der Waals surface area (Å²) in [5.41, 5.74) is 2.98. The van der Waals surface area contributed by atoms with Crippen LogP contribution in [0.1, 0.15) is 17.5 Å². The molecule has 2 aromatic rings. The molecule has 0 radical (unpaired) electrons. The molecular formula is C18H21ClN2O. The molecule has 0 unspecified atom stereocenters. The summed E-state index contributed by atoms with van der Waals surface area (Å²) in [7, 11) is 0. The van der Waals surface area contributed by atoms with Gasteiger partial charge in [0.2, 0.25) is 5.91 Å². The van der Waals surface area contributed by atoms with Crippen molar-refractivity contribution >= 4 is 23.2 Å². The van der Waals surface area contributed by atoms with E-state index in [-0.39, 0.29) is 5.91 Å². The smallest absolute Gasteiger partial charge is 0.225 e. The second-order valence-corrected chi connectivity index (χ2v) is 5.60. The lowest BCUT2D eigenvalue weighted by Gasteiger charge is -2.10. The highest BCUT2D eigenvalue weighted by atomic mass is 35.5. The first-order valence-electron chi connectivity index (χ1n) is 7.46. The van der Waals surface area contributed by atoms with Crippen LogP contribution in [0.3, 0.4) is 0 Å². The van der Waals surface area contributed by atoms with Crippen LogP contribution < -0.4 is 10.6 Å². The number of carbonyl (C=O) groups excluding carboxylic acids is 1. The van der Waals surface area contributed by atoms with E-state index in [0.717, 1.165) is 24.2 Å². The fourth-order valence-corrected chi connectivity index (χ4v) is 2.33. The SMILES string of the molecule is Cc1c(Cl)cccc1NC(=O)CCNCCc1ccccc1. The second kappa shape index (κ2) is 8.57. The largest absolute Gasteiger partial charge is 0.326 e. The molecule has 0 atom stereocenters. The third kappa shape index (κ3) is 5.17. The minimum absolute atomic E-state index is 0.00224. The van der Waals surface area contributed by atoms with E-state index >= 15 is 0 Å². The molecular weight excluding hydrogens is 296 g/mol. The highest BCUT2D eigenvalue weighted by molar-refractivity contribution is 6.31. The van der Waals surface area contributed by atoms with Gasteiger partial charge in [-0.3, -0.25) is 4.79 Å². The van der Waals surface area contributed by atoms with Crippen LogP contribution in [0.2, 0.25) is 5.02 Å². The van der Waals surface area contributed by atoms with Crippen molar-refractivity contribution in [3.63, 3.8) is 0 Å². The summed E-state index contributed by atoms with van der Waals surface area (Å²) in [5, 5.41) is 6.85. The van der Waals surface area contributed by atoms with Crippen molar-refractivity contribution in [3.8, 4) is 0 Å². The second-order valence-electron chi connectivity index (χ2n) is 5.20. The van der Waals surface area contributed by atoms with E-state index in [0.29, 0.717) is 18.0 Å². The number of hydrogen-bond donors (Lipinski definition) is 2. The van der Waals surface area contributed by atoms with E-state index in [1.54, 1.807) is 0 Å². The zero-order chi connectivity index (χ0) is 15.8. The monoisotopic (exact) mass is 316 g/mol. The lowest BCUT2D eigenvalue weighted by atomic mass is 10.1. The van der Waals surface area contributed by atoms with Crippen LogP contribution in [-0.2, 0) is 11.2 Å². The van der Waals surface area contributed by atoms with Gasteiger partial charge in [0.05, 0.1) is 0 Å². The predicted octanol–water partition coefficient (Wildman–Crippen LogP) is 3.81. The van der Waals surface area contributed by atoms with Gasteiger partial charge < -0.3 is 10.6 Å². The Morgan fingerprint density at radius 2 is 1.82 bits per heavy atom. The molecule has 22 heavy (non-hydrogen) atoms. The number of carbonyl (C=O) groups is 1. The molecule has 0 bridgehead atoms. The van der Waals surface area contributed by atoms with Crippen molar-refractivity contribution in [2.24, 2.45) is 0 Å². The molecule has 2 rings (SSSR count). The highest BCUT2D eigenvalue weighted by Crippen LogP contribution is 2.22. The fourth-order valence-electron chi connectivity index (χ4n) is 2.16. The van der Waals surface area contributed by atoms with Gasteiger partial charge in [0.25, 0.3) is 0 Å². The molecule has 2 aromatic carbocycles. The topological polar surface area (TPSA) is 41.1 Å². The molecule has 0 fully saturated rings. The normalized spacial score (nSPS) is 10.5. The average Bonchev–Trinajstić information content (AvgIpc) is 2.52. The summed E-state index contributed by atoms with van der Waals surface area (Å²) in [5.74, 6) is -0.00224. The van der Waals surface area contributed by atoms with E-state index < -0.39 is 0 Å². The van der Waals surface area contributed by atoms with Gasteiger partial charge in [-0.25, -0.2) is 0 Å². The molecule has 0 aliphatic rings. The van der Waals surface area contributed by atoms with Crippen LogP contribution >= 0.6 is 11.6 Å². The van der Waals surface area contributed by atoms with Gasteiger partial charge in [-0.05, 0) is 43.1 Å². The molecule has 0 saturated heterocycles. The van der Waals surface area contributed by atoms with Gasteiger partial charge in [-0.2, -0.15) is 0 Å². The van der Waals surface area contributed by atoms with Gasteiger partial charge in [0.1, 0.15) is 0 Å². The predicted molar refractivity (Wildman–Crippen MR) is 92.5 cm³/mol. The fraction of sp³-hybridized carbons (Fsp3) is 0.278. The summed E-state index contributed by atoms with van der Waals surface area (Å²) in [4.78, 5) is 11.9. The maximum absolute atomic E-state index is 11.9. The number of halogens is 1. The molecule has 0 aromatic heterocycles. The molecule has 3 nitrogen and oxygen atoms in total. The number of rotatable bonds is 7. The van der Waals surface area contributed by atoms with Crippen molar-refractivity contribution in [3.05, 3.63) is 64.7 Å². The maximum Gasteiger partial charge on any atom is 0.225 e. The Balaban J connectivity index is 1.67. The van der Waals surface area contributed by atoms with E-state index in [1.165, 1.54) is 5.56 Å². The highest BCUT2D eigenvalue weighted by Gasteiger charge is 2.06. The minimum Gasteiger partial charge on any atom is -0.326 e. The molecule has 0 aliphatic heterocycles. The van der Waals surface area contributed by atoms with Crippen LogP contribution in [0.25, 0.3) is 0 Å². The van der Waals surface area contributed by atoms with E-state index in [1.807, 2.05) is 43.3 Å². The van der Waals surface area contributed by atoms with Crippen LogP contribution in [-0.4, -0.2) is 19.0 Å². The van der Waals surface area contributed by atoms with Crippen LogP contribution in [0.15, 0.2) is 48.5 Å². The van der Waals surface area contributed by atoms with Gasteiger partial charge in [0.15, 0.2) is 0 Å². The van der Waals surface area contributed by atoms with Crippen molar-refractivity contribution in [1.82, 2.24) is 5.32 Å². The summed E-state index contributed by atoms with van der Waals surface area (Å²) in [6.07, 6.45) is 1.41. The van der Waals surface area contributed by atoms with Crippen molar-refractivity contribution < 1.29 is 4.79 Å². The summed E-state index contributed by atoms with van der Waals surface area (Å²) >= 11 is 6.04. The molecule has 0 heterocycles. The van der Waals surface area contributed by atoms with Crippen LogP contribution in [0.4, 0.5) is 5.69 Å². The molecule has 2 N–H and O–H groups in total. The number of hydrogen-bond acceptors (Lipinski definition) is 2. The Kier molecular flexibility index (Phi) is 6.44. The minimum atomic E-state index is -0.00224. The Hall–Kier alpha value is -1.84. The van der Waals surface area contributed by atoms with Crippen molar-refractivity contribution in [1.29, 1.82) is 0 Å². The zero-order valence-electron chi connectivity index (χ0n) is 12.7. The summed E-state index contributed by atoms with van der Waals surface area (Å²) in [6, 6.07) is 15.8. The molecule has 0 aliphatic carbocycles. The van der Waals surface area contributed by atoms with E-state index in [4.69, 9.17) is 11.6 Å². The molecule has 1 amide bonds. The first-order valence-corrected chi connectivity index (χ1v) is 7.84. The Bertz CT molecular complexity index is 614. The van der Waals surface area contributed by atoms with Gasteiger partial charge >= 0.3 is 0 Å². The maximum atomic E-state index is 11.9. The summed E-state index contributed by atoms with van der Waals surface area (Å²) in [6.45, 7) is 3.43. The number of benzene rings is 2. The first kappa shape index (κ1) is 16.5. The lowest BCUT2D eigenvalue weighted by molar-refractivity contribution is -0.116. The van der Waals surface area contributed by atoms with E-state index in [2.05, 4.69) is 22.8 Å². The Morgan fingerprint density at radius 3 is 2.59 bits per heavy atom. The van der Waals surface area contributed by atoms with Crippen molar-refractivity contribution in [2.75, 3.05) is 18.4 Å². The Morgan fingerprint density at radius 1 is 1.05 bits per heavy atom. The summed E-state index contributed by atoms with van der Waals surface area (Å²) < 4.78 is 0. The van der Waals surface area contributed by atoms with Gasteiger partial charge in [-0.1, -0.05) is 48.0 Å². The molecule has 116 valence electrons. The number of amides is 1. The number of nitrogens with one attached hydrogen (secondary N) is 2. The van der Waals surface area contributed by atoms with Crippen LogP contribution in [0, 0.1) is 6.92 Å². The third-order valence-electron chi connectivity index (χ3n) is 3.50. The van der Waals surface area contributed by atoms with Gasteiger partial charge in [-0.15, -0.1) is 0 Å².